The van der Waals surface area contributed by atoms with E-state index in [1.165, 1.54) is 12.1 Å². The van der Waals surface area contributed by atoms with E-state index in [2.05, 4.69) is 15.3 Å². The summed E-state index contributed by atoms with van der Waals surface area (Å²) in [5, 5.41) is 8.56. The predicted octanol–water partition coefficient (Wildman–Crippen LogP) is 7.89. The Labute approximate surface area is 282 Å². The van der Waals surface area contributed by atoms with E-state index in [1.54, 1.807) is 33.8 Å². The Hall–Kier alpha value is -4.74. The first-order chi connectivity index (χ1) is 22.8. The normalized spacial score (nSPS) is 14.0. The van der Waals surface area contributed by atoms with Gasteiger partial charge >= 0.3 is 6.09 Å². The Morgan fingerprint density at radius 3 is 2.38 bits per heavy atom. The van der Waals surface area contributed by atoms with Crippen molar-refractivity contribution in [2.24, 2.45) is 0 Å². The molecule has 250 valence electrons. The van der Waals surface area contributed by atoms with Gasteiger partial charge in [0.15, 0.2) is 5.69 Å². The molecule has 3 heterocycles. The molecule has 1 aliphatic rings. The van der Waals surface area contributed by atoms with Gasteiger partial charge in [0, 0.05) is 66.1 Å². The second-order valence-electron chi connectivity index (χ2n) is 12.9. The van der Waals surface area contributed by atoms with Gasteiger partial charge in [-0.2, -0.15) is 5.10 Å². The highest BCUT2D eigenvalue weighted by Gasteiger charge is 2.26. The smallest absolute Gasteiger partial charge is 0.410 e. The highest BCUT2D eigenvalue weighted by atomic mass is 35.5. The number of ether oxygens (including phenoxy) is 1. The Kier molecular flexibility index (Phi) is 9.26. The topological polar surface area (TPSA) is 92.8 Å². The van der Waals surface area contributed by atoms with E-state index < -0.39 is 17.2 Å². The molecule has 0 atom stereocenters. The Morgan fingerprint density at radius 1 is 0.958 bits per heavy atom. The van der Waals surface area contributed by atoms with Crippen LogP contribution in [0.15, 0.2) is 71.1 Å². The number of amides is 2. The van der Waals surface area contributed by atoms with E-state index in [1.807, 2.05) is 52.0 Å². The highest BCUT2D eigenvalue weighted by Crippen LogP contribution is 2.34. The fourth-order valence-corrected chi connectivity index (χ4v) is 5.88. The van der Waals surface area contributed by atoms with Crippen molar-refractivity contribution < 1.29 is 27.5 Å². The molecular weight excluding hydrogens is 640 g/mol. The third kappa shape index (κ3) is 7.69. The number of aryl methyl sites for hydroxylation is 1. The van der Waals surface area contributed by atoms with Gasteiger partial charge in [-0.25, -0.2) is 13.6 Å². The number of nitrogens with one attached hydrogen (secondary N) is 1. The number of piperazine rings is 1. The van der Waals surface area contributed by atoms with Crippen molar-refractivity contribution in [3.63, 3.8) is 0 Å². The lowest BCUT2D eigenvalue weighted by Crippen LogP contribution is -2.49. The summed E-state index contributed by atoms with van der Waals surface area (Å²) < 4.78 is 41.1. The zero-order chi connectivity index (χ0) is 34.2. The second-order valence-corrected chi connectivity index (χ2v) is 13.4. The first-order valence-electron chi connectivity index (χ1n) is 15.6. The quantitative estimate of drug-likeness (QED) is 0.189. The van der Waals surface area contributed by atoms with E-state index in [0.29, 0.717) is 40.3 Å². The van der Waals surface area contributed by atoms with Crippen LogP contribution in [0.4, 0.5) is 19.3 Å². The van der Waals surface area contributed by atoms with Crippen LogP contribution in [0, 0.1) is 18.6 Å². The van der Waals surface area contributed by atoms with Crippen LogP contribution in [0.1, 0.15) is 48.1 Å². The van der Waals surface area contributed by atoms with Crippen LogP contribution < -0.4 is 5.32 Å². The Morgan fingerprint density at radius 2 is 1.69 bits per heavy atom. The molecule has 2 aromatic heterocycles. The Balaban J connectivity index is 1.08. The summed E-state index contributed by atoms with van der Waals surface area (Å²) in [7, 11) is 0. The first-order valence-corrected chi connectivity index (χ1v) is 16.0. The van der Waals surface area contributed by atoms with Gasteiger partial charge in [-0.05, 0) is 81.8 Å². The molecule has 1 fully saturated rings. The van der Waals surface area contributed by atoms with Crippen molar-refractivity contribution in [3.8, 4) is 11.3 Å². The number of anilines is 1. The van der Waals surface area contributed by atoms with Crippen molar-refractivity contribution in [1.82, 2.24) is 19.6 Å². The number of fused-ring (bicyclic) bond motifs is 1. The van der Waals surface area contributed by atoms with Crippen LogP contribution in [0.5, 0.6) is 0 Å². The summed E-state index contributed by atoms with van der Waals surface area (Å²) in [4.78, 5) is 29.5. The molecule has 0 spiro atoms. The third-order valence-corrected chi connectivity index (χ3v) is 8.25. The Bertz CT molecular complexity index is 1970. The number of rotatable bonds is 7. The maximum absolute atomic E-state index is 14.5. The molecule has 0 radical (unpaired) electrons. The summed E-state index contributed by atoms with van der Waals surface area (Å²) in [5.74, 6) is -1.52. The van der Waals surface area contributed by atoms with Crippen LogP contribution in [-0.2, 0) is 17.8 Å². The van der Waals surface area contributed by atoms with Gasteiger partial charge in [0.25, 0.3) is 5.91 Å². The molecule has 12 heteroatoms. The standard InChI is InChI=1S/C36H36ClF2N5O4/c1-22-15-31(34(45)40-28-8-5-23(6-9-28)20-42-11-13-43(14-12-42)35(46)48-36(2,3)4)41-44(22)21-25-17-26(37)16-24-18-32(47-33(24)25)29-10-7-27(38)19-30(29)39/h5-10,15-19H,11-14,20-21H2,1-4H3,(H,40,45). The molecule has 1 saturated heterocycles. The van der Waals surface area contributed by atoms with E-state index in [9.17, 15) is 18.4 Å². The van der Waals surface area contributed by atoms with Gasteiger partial charge in [-0.1, -0.05) is 23.7 Å². The molecule has 48 heavy (non-hydrogen) atoms. The predicted molar refractivity (Wildman–Crippen MR) is 180 cm³/mol. The van der Waals surface area contributed by atoms with Crippen molar-refractivity contribution >= 4 is 40.3 Å². The van der Waals surface area contributed by atoms with Crippen LogP contribution in [0.3, 0.4) is 0 Å². The number of aromatic nitrogens is 2. The van der Waals surface area contributed by atoms with Crippen LogP contribution >= 0.6 is 11.6 Å². The van der Waals surface area contributed by atoms with Gasteiger partial charge in [-0.3, -0.25) is 14.4 Å². The minimum absolute atomic E-state index is 0.134. The van der Waals surface area contributed by atoms with Gasteiger partial charge in [0.2, 0.25) is 0 Å². The molecule has 0 aliphatic carbocycles. The molecule has 0 saturated carbocycles. The van der Waals surface area contributed by atoms with E-state index in [-0.39, 0.29) is 35.6 Å². The molecule has 2 amide bonds. The van der Waals surface area contributed by atoms with Gasteiger partial charge in [0.1, 0.15) is 28.6 Å². The molecule has 0 unspecified atom stereocenters. The summed E-state index contributed by atoms with van der Waals surface area (Å²) in [5.41, 5.74) is 3.51. The molecule has 3 aromatic carbocycles. The molecule has 9 nitrogen and oxygen atoms in total. The maximum Gasteiger partial charge on any atom is 0.410 e. The van der Waals surface area contributed by atoms with Crippen molar-refractivity contribution in [2.75, 3.05) is 31.5 Å². The monoisotopic (exact) mass is 675 g/mol. The minimum atomic E-state index is -0.731. The number of furan rings is 1. The van der Waals surface area contributed by atoms with Gasteiger partial charge in [-0.15, -0.1) is 0 Å². The summed E-state index contributed by atoms with van der Waals surface area (Å²) >= 11 is 6.40. The van der Waals surface area contributed by atoms with Gasteiger partial charge < -0.3 is 19.4 Å². The number of carbonyl (C=O) groups is 2. The highest BCUT2D eigenvalue weighted by molar-refractivity contribution is 6.31. The average molecular weight is 676 g/mol. The lowest BCUT2D eigenvalue weighted by molar-refractivity contribution is 0.0139. The minimum Gasteiger partial charge on any atom is -0.456 e. The molecule has 6 rings (SSSR count). The summed E-state index contributed by atoms with van der Waals surface area (Å²) in [6.07, 6.45) is -0.281. The van der Waals surface area contributed by atoms with Crippen LogP contribution in [0.2, 0.25) is 5.02 Å². The van der Waals surface area contributed by atoms with E-state index in [4.69, 9.17) is 20.8 Å². The molecule has 0 bridgehead atoms. The van der Waals surface area contributed by atoms with Crippen LogP contribution in [-0.4, -0.2) is 63.4 Å². The summed E-state index contributed by atoms with van der Waals surface area (Å²) in [6.45, 7) is 11.1. The zero-order valence-corrected chi connectivity index (χ0v) is 27.9. The summed E-state index contributed by atoms with van der Waals surface area (Å²) in [6, 6.07) is 17.8. The number of benzene rings is 3. The lowest BCUT2D eigenvalue weighted by atomic mass is 10.1. The maximum atomic E-state index is 14.5. The molecule has 5 aromatic rings. The second kappa shape index (κ2) is 13.4. The van der Waals surface area contributed by atoms with Crippen molar-refractivity contribution in [1.29, 1.82) is 0 Å². The first kappa shape index (κ1) is 33.2. The van der Waals surface area contributed by atoms with E-state index >= 15 is 0 Å². The van der Waals surface area contributed by atoms with E-state index in [0.717, 1.165) is 37.0 Å². The zero-order valence-electron chi connectivity index (χ0n) is 27.1. The van der Waals surface area contributed by atoms with Gasteiger partial charge in [0.05, 0.1) is 12.1 Å². The average Bonchev–Trinajstić information content (AvgIpc) is 3.61. The largest absolute Gasteiger partial charge is 0.456 e. The number of halogens is 3. The SMILES string of the molecule is Cc1cc(C(=O)Nc2ccc(CN3CCN(C(=O)OC(C)(C)C)CC3)cc2)nn1Cc1cc(Cl)cc2cc(-c3ccc(F)cc3F)oc12. The molecule has 1 aliphatic heterocycles. The lowest BCUT2D eigenvalue weighted by Gasteiger charge is -2.35. The number of hydrogen-bond donors (Lipinski definition) is 1. The fourth-order valence-electron chi connectivity index (χ4n) is 5.63. The fraction of sp³-hybridized carbons (Fsp3) is 0.306. The number of nitrogens with zero attached hydrogens (tertiary/aromatic N) is 4. The number of hydrogen-bond acceptors (Lipinski definition) is 6. The molecular formula is C36H36ClF2N5O4. The van der Waals surface area contributed by atoms with Crippen LogP contribution in [0.25, 0.3) is 22.3 Å². The van der Waals surface area contributed by atoms with Crippen molar-refractivity contribution in [2.45, 2.75) is 46.4 Å². The number of carbonyl (C=O) groups excluding carboxylic acids is 2. The third-order valence-electron chi connectivity index (χ3n) is 8.03. The van der Waals surface area contributed by atoms with Crippen molar-refractivity contribution in [3.05, 3.63) is 106 Å². The molecule has 1 N–H and O–H groups in total.